The van der Waals surface area contributed by atoms with Crippen molar-refractivity contribution in [2.75, 3.05) is 10.6 Å². The molecule has 0 atom stereocenters. The summed E-state index contributed by atoms with van der Waals surface area (Å²) in [6.45, 7) is 1.45. The molecule has 0 amide bonds. The summed E-state index contributed by atoms with van der Waals surface area (Å²) in [5.74, 6) is -0.0728. The largest absolute Gasteiger partial charge is 0.418 e. The third-order valence-electron chi connectivity index (χ3n) is 3.03. The number of benzene rings is 2. The van der Waals surface area contributed by atoms with Gasteiger partial charge in [0.25, 0.3) is 0 Å². The molecule has 2 N–H and O–H groups in total. The second kappa shape index (κ2) is 6.78. The standard InChI is InChI=1S/C16H13F3N2OS/c1-10(22)11-6-8-12(9-7-11)20-15(23)21-14-5-3-2-4-13(14)16(17,18)19/h2-9H,1H3,(H2,20,21,23). The summed E-state index contributed by atoms with van der Waals surface area (Å²) < 4.78 is 38.7. The van der Waals surface area contributed by atoms with Crippen LogP contribution in [0.3, 0.4) is 0 Å². The number of halogens is 3. The lowest BCUT2D eigenvalue weighted by atomic mass is 10.1. The van der Waals surface area contributed by atoms with Crippen LogP contribution in [0.1, 0.15) is 22.8 Å². The fourth-order valence-corrected chi connectivity index (χ4v) is 2.14. The molecule has 7 heteroatoms. The van der Waals surface area contributed by atoms with Gasteiger partial charge in [-0.2, -0.15) is 13.2 Å². The molecule has 0 aliphatic heterocycles. The van der Waals surface area contributed by atoms with Crippen LogP contribution in [0.15, 0.2) is 48.5 Å². The minimum absolute atomic E-state index is 0.0253. The van der Waals surface area contributed by atoms with Gasteiger partial charge in [0.1, 0.15) is 0 Å². The van der Waals surface area contributed by atoms with Crippen LogP contribution in [0.5, 0.6) is 0 Å². The van der Waals surface area contributed by atoms with E-state index in [1.54, 1.807) is 24.3 Å². The number of hydrogen-bond donors (Lipinski definition) is 2. The Labute approximate surface area is 136 Å². The van der Waals surface area contributed by atoms with Crippen LogP contribution in [0.4, 0.5) is 24.5 Å². The van der Waals surface area contributed by atoms with Crippen LogP contribution < -0.4 is 10.6 Å². The Morgan fingerprint density at radius 1 is 1.00 bits per heavy atom. The van der Waals surface area contributed by atoms with E-state index in [1.807, 2.05) is 0 Å². The molecule has 0 aliphatic carbocycles. The maximum Gasteiger partial charge on any atom is 0.418 e. The van der Waals surface area contributed by atoms with E-state index in [-0.39, 0.29) is 16.6 Å². The summed E-state index contributed by atoms with van der Waals surface area (Å²) in [6.07, 6.45) is -4.47. The molecule has 2 aromatic carbocycles. The van der Waals surface area contributed by atoms with E-state index in [0.29, 0.717) is 11.3 Å². The van der Waals surface area contributed by atoms with Crippen LogP contribution in [0.2, 0.25) is 0 Å². The predicted octanol–water partition coefficient (Wildman–Crippen LogP) is 4.72. The highest BCUT2D eigenvalue weighted by atomic mass is 32.1. The number of anilines is 2. The second-order valence-corrected chi connectivity index (χ2v) is 5.16. The van der Waals surface area contributed by atoms with Gasteiger partial charge in [0.15, 0.2) is 10.9 Å². The Kier molecular flexibility index (Phi) is 5.00. The monoisotopic (exact) mass is 338 g/mol. The van der Waals surface area contributed by atoms with E-state index in [4.69, 9.17) is 12.2 Å². The van der Waals surface area contributed by atoms with Crippen molar-refractivity contribution >= 4 is 34.5 Å². The van der Waals surface area contributed by atoms with Gasteiger partial charge < -0.3 is 10.6 Å². The van der Waals surface area contributed by atoms with Crippen LogP contribution in [-0.2, 0) is 6.18 Å². The Hall–Kier alpha value is -2.41. The number of rotatable bonds is 3. The van der Waals surface area contributed by atoms with Crippen molar-refractivity contribution < 1.29 is 18.0 Å². The number of nitrogens with one attached hydrogen (secondary N) is 2. The first-order chi connectivity index (χ1) is 10.8. The van der Waals surface area contributed by atoms with Gasteiger partial charge in [-0.1, -0.05) is 12.1 Å². The number of alkyl halides is 3. The zero-order valence-electron chi connectivity index (χ0n) is 12.1. The van der Waals surface area contributed by atoms with Crippen LogP contribution in [0, 0.1) is 0 Å². The van der Waals surface area contributed by atoms with Gasteiger partial charge in [-0.15, -0.1) is 0 Å². The summed E-state index contributed by atoms with van der Waals surface area (Å²) in [5.41, 5.74) is 0.183. The molecule has 0 saturated heterocycles. The summed E-state index contributed by atoms with van der Waals surface area (Å²) >= 11 is 5.03. The van der Waals surface area contributed by atoms with Crippen molar-refractivity contribution in [2.45, 2.75) is 13.1 Å². The van der Waals surface area contributed by atoms with Crippen molar-refractivity contribution in [3.05, 3.63) is 59.7 Å². The Morgan fingerprint density at radius 3 is 2.17 bits per heavy atom. The number of thiocarbonyl (C=S) groups is 1. The number of ketones is 1. The Morgan fingerprint density at radius 2 is 1.61 bits per heavy atom. The first-order valence-corrected chi connectivity index (χ1v) is 7.03. The maximum atomic E-state index is 12.9. The molecule has 120 valence electrons. The lowest BCUT2D eigenvalue weighted by Gasteiger charge is -2.15. The molecular formula is C16H13F3N2OS. The second-order valence-electron chi connectivity index (χ2n) is 4.76. The van der Waals surface area contributed by atoms with Gasteiger partial charge in [0.2, 0.25) is 0 Å². The summed E-state index contributed by atoms with van der Waals surface area (Å²) in [7, 11) is 0. The molecule has 0 radical (unpaired) electrons. The van der Waals surface area contributed by atoms with Gasteiger partial charge >= 0.3 is 6.18 Å². The molecule has 2 aromatic rings. The number of hydrogen-bond acceptors (Lipinski definition) is 2. The highest BCUT2D eigenvalue weighted by Gasteiger charge is 2.33. The Bertz CT molecular complexity index is 727. The van der Waals surface area contributed by atoms with Crippen LogP contribution in [0.25, 0.3) is 0 Å². The van der Waals surface area contributed by atoms with Gasteiger partial charge in [-0.25, -0.2) is 0 Å². The zero-order valence-corrected chi connectivity index (χ0v) is 12.9. The van der Waals surface area contributed by atoms with Gasteiger partial charge in [-0.3, -0.25) is 4.79 Å². The summed E-state index contributed by atoms with van der Waals surface area (Å²) in [4.78, 5) is 11.2. The molecule has 0 aliphatic rings. The minimum Gasteiger partial charge on any atom is -0.332 e. The first kappa shape index (κ1) is 17.0. The smallest absolute Gasteiger partial charge is 0.332 e. The quantitative estimate of drug-likeness (QED) is 0.628. The molecule has 23 heavy (non-hydrogen) atoms. The zero-order chi connectivity index (χ0) is 17.0. The number of para-hydroxylation sites is 1. The molecule has 2 rings (SSSR count). The molecule has 0 heterocycles. The van der Waals surface area contributed by atoms with Crippen LogP contribution >= 0.6 is 12.2 Å². The van der Waals surface area contributed by atoms with E-state index in [9.17, 15) is 18.0 Å². The van der Waals surface area contributed by atoms with Gasteiger partial charge in [0.05, 0.1) is 11.3 Å². The van der Waals surface area contributed by atoms with E-state index in [2.05, 4.69) is 10.6 Å². The highest BCUT2D eigenvalue weighted by Crippen LogP contribution is 2.34. The molecule has 0 bridgehead atoms. The number of carbonyl (C=O) groups excluding carboxylic acids is 1. The van der Waals surface area contributed by atoms with E-state index in [1.165, 1.54) is 25.1 Å². The van der Waals surface area contributed by atoms with Crippen molar-refractivity contribution in [1.29, 1.82) is 0 Å². The number of carbonyl (C=O) groups is 1. The van der Waals surface area contributed by atoms with Crippen molar-refractivity contribution in [2.24, 2.45) is 0 Å². The van der Waals surface area contributed by atoms with Crippen molar-refractivity contribution in [3.63, 3.8) is 0 Å². The molecule has 0 aromatic heterocycles. The van der Waals surface area contributed by atoms with E-state index in [0.717, 1.165) is 6.07 Å². The third kappa shape index (κ3) is 4.53. The third-order valence-corrected chi connectivity index (χ3v) is 3.23. The normalized spacial score (nSPS) is 11.0. The van der Waals surface area contributed by atoms with Crippen LogP contribution in [-0.4, -0.2) is 10.9 Å². The molecule has 0 saturated carbocycles. The number of Topliss-reactive ketones (excluding diaryl/α,β-unsaturated/α-hetero) is 1. The predicted molar refractivity (Wildman–Crippen MR) is 87.7 cm³/mol. The lowest BCUT2D eigenvalue weighted by Crippen LogP contribution is -2.21. The van der Waals surface area contributed by atoms with Gasteiger partial charge in [-0.05, 0) is 55.5 Å². The van der Waals surface area contributed by atoms with E-state index >= 15 is 0 Å². The molecular weight excluding hydrogens is 325 g/mol. The lowest BCUT2D eigenvalue weighted by molar-refractivity contribution is -0.136. The summed E-state index contributed by atoms with van der Waals surface area (Å²) in [6, 6.07) is 11.5. The van der Waals surface area contributed by atoms with Crippen molar-refractivity contribution in [1.82, 2.24) is 0 Å². The molecule has 3 nitrogen and oxygen atoms in total. The first-order valence-electron chi connectivity index (χ1n) is 6.62. The fraction of sp³-hybridized carbons (Fsp3) is 0.125. The fourth-order valence-electron chi connectivity index (χ4n) is 1.91. The SMILES string of the molecule is CC(=O)c1ccc(NC(=S)Nc2ccccc2C(F)(F)F)cc1. The average Bonchev–Trinajstić information content (AvgIpc) is 2.47. The summed E-state index contributed by atoms with van der Waals surface area (Å²) in [5, 5.41) is 5.34. The van der Waals surface area contributed by atoms with Gasteiger partial charge in [0, 0.05) is 11.3 Å². The molecule has 0 spiro atoms. The molecule has 0 fully saturated rings. The van der Waals surface area contributed by atoms with Crippen molar-refractivity contribution in [3.8, 4) is 0 Å². The maximum absolute atomic E-state index is 12.9. The minimum atomic E-state index is -4.47. The topological polar surface area (TPSA) is 41.1 Å². The molecule has 0 unspecified atom stereocenters. The van der Waals surface area contributed by atoms with E-state index < -0.39 is 11.7 Å². The Balaban J connectivity index is 2.10. The average molecular weight is 338 g/mol. The highest BCUT2D eigenvalue weighted by molar-refractivity contribution is 7.80.